The van der Waals surface area contributed by atoms with E-state index in [2.05, 4.69) is 6.92 Å². The number of benzene rings is 1. The number of rotatable bonds is 3. The van der Waals surface area contributed by atoms with E-state index in [0.717, 1.165) is 23.7 Å². The number of aromatic nitrogens is 1. The Balaban J connectivity index is 2.00. The van der Waals surface area contributed by atoms with Crippen LogP contribution in [0.1, 0.15) is 30.3 Å². The maximum atomic E-state index is 11.4. The highest BCUT2D eigenvalue weighted by atomic mass is 16.5. The second-order valence-electron chi connectivity index (χ2n) is 5.15. The highest BCUT2D eigenvalue weighted by Gasteiger charge is 2.24. The SMILES string of the molecule is CC1CCC(Cn2c(C(=O)O)cc3ccccc32)O1. The number of hydrogen-bond acceptors (Lipinski definition) is 2. The molecule has 0 radical (unpaired) electrons. The van der Waals surface area contributed by atoms with Crippen LogP contribution < -0.4 is 0 Å². The molecule has 1 aromatic carbocycles. The van der Waals surface area contributed by atoms with E-state index < -0.39 is 5.97 Å². The van der Waals surface area contributed by atoms with Gasteiger partial charge in [0.25, 0.3) is 0 Å². The molecule has 2 unspecified atom stereocenters. The number of carboxylic acid groups (broad SMARTS) is 1. The van der Waals surface area contributed by atoms with E-state index in [-0.39, 0.29) is 12.2 Å². The number of aromatic carboxylic acids is 1. The van der Waals surface area contributed by atoms with E-state index in [1.165, 1.54) is 0 Å². The van der Waals surface area contributed by atoms with Gasteiger partial charge in [0.15, 0.2) is 0 Å². The number of fused-ring (bicyclic) bond motifs is 1. The molecule has 0 aliphatic carbocycles. The first-order chi connectivity index (χ1) is 9.15. The molecular weight excluding hydrogens is 242 g/mol. The zero-order valence-corrected chi connectivity index (χ0v) is 10.9. The first-order valence-electron chi connectivity index (χ1n) is 6.62. The summed E-state index contributed by atoms with van der Waals surface area (Å²) in [6, 6.07) is 9.49. The van der Waals surface area contributed by atoms with Gasteiger partial charge in [-0.05, 0) is 31.9 Å². The van der Waals surface area contributed by atoms with Crippen LogP contribution in [0.2, 0.25) is 0 Å². The summed E-state index contributed by atoms with van der Waals surface area (Å²) in [5.74, 6) is -0.887. The van der Waals surface area contributed by atoms with E-state index in [0.29, 0.717) is 12.2 Å². The molecule has 19 heavy (non-hydrogen) atoms. The van der Waals surface area contributed by atoms with Crippen molar-refractivity contribution < 1.29 is 14.6 Å². The zero-order chi connectivity index (χ0) is 13.4. The maximum Gasteiger partial charge on any atom is 0.352 e. The maximum absolute atomic E-state index is 11.4. The third-order valence-corrected chi connectivity index (χ3v) is 3.74. The molecule has 1 aliphatic heterocycles. The number of carboxylic acids is 1. The van der Waals surface area contributed by atoms with Crippen molar-refractivity contribution in [2.24, 2.45) is 0 Å². The fraction of sp³-hybridized carbons (Fsp3) is 0.400. The van der Waals surface area contributed by atoms with Crippen LogP contribution in [0, 0.1) is 0 Å². The van der Waals surface area contributed by atoms with Gasteiger partial charge in [-0.25, -0.2) is 4.79 Å². The van der Waals surface area contributed by atoms with Crippen LogP contribution in [0.4, 0.5) is 0 Å². The molecule has 1 N–H and O–H groups in total. The third-order valence-electron chi connectivity index (χ3n) is 3.74. The number of hydrogen-bond donors (Lipinski definition) is 1. The average Bonchev–Trinajstić information content (AvgIpc) is 2.95. The minimum absolute atomic E-state index is 0.115. The summed E-state index contributed by atoms with van der Waals surface area (Å²) in [6.45, 7) is 2.67. The fourth-order valence-electron chi connectivity index (χ4n) is 2.81. The summed E-state index contributed by atoms with van der Waals surface area (Å²) in [6.07, 6.45) is 2.43. The Bertz CT molecular complexity index is 617. The van der Waals surface area contributed by atoms with Crippen molar-refractivity contribution in [3.63, 3.8) is 0 Å². The molecule has 1 fully saturated rings. The smallest absolute Gasteiger partial charge is 0.352 e. The van der Waals surface area contributed by atoms with E-state index in [1.807, 2.05) is 28.8 Å². The summed E-state index contributed by atoms with van der Waals surface area (Å²) < 4.78 is 7.67. The summed E-state index contributed by atoms with van der Waals surface area (Å²) in [5.41, 5.74) is 1.30. The highest BCUT2D eigenvalue weighted by molar-refractivity contribution is 5.94. The van der Waals surface area contributed by atoms with Gasteiger partial charge in [-0.3, -0.25) is 0 Å². The number of ether oxygens (including phenoxy) is 1. The van der Waals surface area contributed by atoms with Gasteiger partial charge in [0.05, 0.1) is 12.2 Å². The number of carbonyl (C=O) groups is 1. The van der Waals surface area contributed by atoms with Gasteiger partial charge in [-0.1, -0.05) is 18.2 Å². The van der Waals surface area contributed by atoms with E-state index in [9.17, 15) is 9.90 Å². The van der Waals surface area contributed by atoms with Crippen LogP contribution in [0.3, 0.4) is 0 Å². The first-order valence-corrected chi connectivity index (χ1v) is 6.62. The van der Waals surface area contributed by atoms with Crippen LogP contribution in [-0.4, -0.2) is 27.9 Å². The van der Waals surface area contributed by atoms with Gasteiger partial charge < -0.3 is 14.4 Å². The lowest BCUT2D eigenvalue weighted by Gasteiger charge is -2.14. The first kappa shape index (κ1) is 12.2. The van der Waals surface area contributed by atoms with Crippen molar-refractivity contribution in [1.82, 2.24) is 4.57 Å². The number of para-hydroxylation sites is 1. The van der Waals surface area contributed by atoms with Gasteiger partial charge in [-0.15, -0.1) is 0 Å². The van der Waals surface area contributed by atoms with Crippen molar-refractivity contribution >= 4 is 16.9 Å². The standard InChI is InChI=1S/C15H17NO3/c1-10-6-7-12(19-10)9-16-13-5-3-2-4-11(13)8-14(16)15(17)18/h2-5,8,10,12H,6-7,9H2,1H3,(H,17,18). The van der Waals surface area contributed by atoms with Crippen LogP contribution in [0.25, 0.3) is 10.9 Å². The lowest BCUT2D eigenvalue weighted by atomic mass is 10.2. The van der Waals surface area contributed by atoms with Crippen LogP contribution in [-0.2, 0) is 11.3 Å². The summed E-state index contributed by atoms with van der Waals surface area (Å²) in [5, 5.41) is 10.3. The topological polar surface area (TPSA) is 51.5 Å². The van der Waals surface area contributed by atoms with Crippen molar-refractivity contribution in [3.8, 4) is 0 Å². The molecule has 0 saturated carbocycles. The molecule has 4 heteroatoms. The van der Waals surface area contributed by atoms with Gasteiger partial charge in [0, 0.05) is 17.4 Å². The molecule has 0 amide bonds. The van der Waals surface area contributed by atoms with Crippen molar-refractivity contribution in [3.05, 3.63) is 36.0 Å². The summed E-state index contributed by atoms with van der Waals surface area (Å²) in [4.78, 5) is 11.4. The van der Waals surface area contributed by atoms with Gasteiger partial charge in [0.2, 0.25) is 0 Å². The normalized spacial score (nSPS) is 23.0. The lowest BCUT2D eigenvalue weighted by Crippen LogP contribution is -2.19. The van der Waals surface area contributed by atoms with Gasteiger partial charge >= 0.3 is 5.97 Å². The van der Waals surface area contributed by atoms with Crippen LogP contribution >= 0.6 is 0 Å². The predicted octanol–water partition coefficient (Wildman–Crippen LogP) is 2.91. The van der Waals surface area contributed by atoms with Crippen LogP contribution in [0.5, 0.6) is 0 Å². The molecule has 1 aromatic heterocycles. The van der Waals surface area contributed by atoms with Crippen molar-refractivity contribution in [2.45, 2.75) is 38.5 Å². The Labute approximate surface area is 111 Å². The minimum Gasteiger partial charge on any atom is -0.477 e. The third kappa shape index (κ3) is 2.24. The largest absolute Gasteiger partial charge is 0.477 e. The highest BCUT2D eigenvalue weighted by Crippen LogP contribution is 2.25. The fourth-order valence-corrected chi connectivity index (χ4v) is 2.81. The Morgan fingerprint density at radius 2 is 2.21 bits per heavy atom. The molecule has 2 heterocycles. The van der Waals surface area contributed by atoms with E-state index in [1.54, 1.807) is 6.07 Å². The molecule has 100 valence electrons. The molecule has 0 spiro atoms. The average molecular weight is 259 g/mol. The summed E-state index contributed by atoms with van der Waals surface area (Å²) in [7, 11) is 0. The van der Waals surface area contributed by atoms with Gasteiger partial charge in [0.1, 0.15) is 5.69 Å². The molecule has 4 nitrogen and oxygen atoms in total. The zero-order valence-electron chi connectivity index (χ0n) is 10.9. The van der Waals surface area contributed by atoms with Crippen LogP contribution in [0.15, 0.2) is 30.3 Å². The molecule has 2 atom stereocenters. The second-order valence-corrected chi connectivity index (χ2v) is 5.15. The minimum atomic E-state index is -0.887. The molecule has 0 bridgehead atoms. The number of nitrogens with zero attached hydrogens (tertiary/aromatic N) is 1. The molecule has 3 rings (SSSR count). The quantitative estimate of drug-likeness (QED) is 0.922. The molecular formula is C15H17NO3. The van der Waals surface area contributed by atoms with Crippen molar-refractivity contribution in [1.29, 1.82) is 0 Å². The molecule has 1 aliphatic rings. The Morgan fingerprint density at radius 3 is 2.89 bits per heavy atom. The van der Waals surface area contributed by atoms with E-state index >= 15 is 0 Å². The molecule has 1 saturated heterocycles. The lowest BCUT2D eigenvalue weighted by molar-refractivity contribution is 0.0451. The summed E-state index contributed by atoms with van der Waals surface area (Å²) >= 11 is 0. The second kappa shape index (κ2) is 4.70. The van der Waals surface area contributed by atoms with Gasteiger partial charge in [-0.2, -0.15) is 0 Å². The van der Waals surface area contributed by atoms with E-state index in [4.69, 9.17) is 4.74 Å². The molecule has 2 aromatic rings. The Morgan fingerprint density at radius 1 is 1.42 bits per heavy atom. The Kier molecular flexibility index (Phi) is 3.03. The van der Waals surface area contributed by atoms with Crippen molar-refractivity contribution in [2.75, 3.05) is 0 Å². The predicted molar refractivity (Wildman–Crippen MR) is 72.5 cm³/mol. The Hall–Kier alpha value is -1.81. The monoisotopic (exact) mass is 259 g/mol.